The van der Waals surface area contributed by atoms with E-state index in [1.54, 1.807) is 25.2 Å². The molecule has 0 radical (unpaired) electrons. The Morgan fingerprint density at radius 2 is 2.00 bits per heavy atom. The summed E-state index contributed by atoms with van der Waals surface area (Å²) in [7, 11) is 0. The van der Waals surface area contributed by atoms with E-state index >= 15 is 0 Å². The minimum Gasteiger partial charge on any atom is -0.410 e. The molecular formula is C11H14F2O2. The predicted molar refractivity (Wildman–Crippen MR) is 53.0 cm³/mol. The first-order valence-electron chi connectivity index (χ1n) is 4.58. The van der Waals surface area contributed by atoms with E-state index in [4.69, 9.17) is 5.11 Å². The van der Waals surface area contributed by atoms with E-state index in [9.17, 15) is 8.78 Å². The number of halogens is 2. The van der Waals surface area contributed by atoms with Crippen molar-refractivity contribution >= 4 is 0 Å². The third kappa shape index (κ3) is 3.83. The van der Waals surface area contributed by atoms with Gasteiger partial charge >= 0.3 is 6.29 Å². The highest BCUT2D eigenvalue weighted by atomic mass is 19.3. The lowest BCUT2D eigenvalue weighted by molar-refractivity contribution is -0.353. The summed E-state index contributed by atoms with van der Waals surface area (Å²) < 4.78 is 28.8. The Kier molecular flexibility index (Phi) is 3.00. The van der Waals surface area contributed by atoms with Crippen LogP contribution in [0.4, 0.5) is 8.78 Å². The van der Waals surface area contributed by atoms with Gasteiger partial charge in [0.2, 0.25) is 0 Å². The summed E-state index contributed by atoms with van der Waals surface area (Å²) in [5, 5.41) is 8.31. The monoisotopic (exact) mass is 216 g/mol. The minimum atomic E-state index is -4.14. The van der Waals surface area contributed by atoms with E-state index in [2.05, 4.69) is 4.74 Å². The molecule has 0 aromatic heterocycles. The van der Waals surface area contributed by atoms with Crippen LogP contribution < -0.4 is 0 Å². The van der Waals surface area contributed by atoms with Gasteiger partial charge in [-0.1, -0.05) is 32.1 Å². The van der Waals surface area contributed by atoms with Crippen molar-refractivity contribution in [2.24, 2.45) is 5.41 Å². The smallest absolute Gasteiger partial charge is 0.410 e. The molecule has 0 amide bonds. The third-order valence-electron chi connectivity index (χ3n) is 2.00. The van der Waals surface area contributed by atoms with E-state index in [1.807, 2.05) is 19.9 Å². The summed E-state index contributed by atoms with van der Waals surface area (Å²) in [4.78, 5) is 0. The minimum absolute atomic E-state index is 0.00231. The lowest BCUT2D eigenvalue weighted by atomic mass is 9.92. The zero-order valence-corrected chi connectivity index (χ0v) is 8.92. The molecule has 0 spiro atoms. The van der Waals surface area contributed by atoms with Crippen LogP contribution >= 0.6 is 0 Å². The zero-order chi connectivity index (χ0) is 11.7. The fourth-order valence-corrected chi connectivity index (χ4v) is 1.26. The first-order valence-corrected chi connectivity index (χ1v) is 4.58. The van der Waals surface area contributed by atoms with Gasteiger partial charge in [-0.3, -0.25) is 0 Å². The second kappa shape index (κ2) is 3.77. The molecule has 0 aromatic carbocycles. The van der Waals surface area contributed by atoms with Crippen LogP contribution in [0.3, 0.4) is 0 Å². The van der Waals surface area contributed by atoms with Crippen molar-refractivity contribution < 1.29 is 18.6 Å². The van der Waals surface area contributed by atoms with Crippen LogP contribution in [0, 0.1) is 5.41 Å². The molecular weight excluding hydrogens is 202 g/mol. The summed E-state index contributed by atoms with van der Waals surface area (Å²) in [6, 6.07) is 0. The van der Waals surface area contributed by atoms with Gasteiger partial charge in [-0.25, -0.2) is 0 Å². The molecule has 0 unspecified atom stereocenters. The molecule has 0 fully saturated rings. The molecule has 84 valence electrons. The standard InChI is InChI=1S/C11H14F2O2/c1-8-5-4-6-10(2,3)7-9(8)15-11(12,13)14/h4-7,14H,1-3H3. The highest BCUT2D eigenvalue weighted by molar-refractivity contribution is 5.34. The Hall–Kier alpha value is -1.16. The van der Waals surface area contributed by atoms with E-state index in [1.165, 1.54) is 0 Å². The van der Waals surface area contributed by atoms with Crippen molar-refractivity contribution in [1.82, 2.24) is 0 Å². The topological polar surface area (TPSA) is 29.5 Å². The normalized spacial score (nSPS) is 20.4. The van der Waals surface area contributed by atoms with Crippen LogP contribution in [0.1, 0.15) is 20.8 Å². The van der Waals surface area contributed by atoms with Gasteiger partial charge in [-0.15, -0.1) is 8.78 Å². The van der Waals surface area contributed by atoms with Gasteiger partial charge < -0.3 is 9.84 Å². The predicted octanol–water partition coefficient (Wildman–Crippen LogP) is 2.97. The van der Waals surface area contributed by atoms with Crippen molar-refractivity contribution in [3.63, 3.8) is 0 Å². The number of rotatable bonds is 2. The van der Waals surface area contributed by atoms with Crippen molar-refractivity contribution in [2.75, 3.05) is 0 Å². The fourth-order valence-electron chi connectivity index (χ4n) is 1.26. The largest absolute Gasteiger partial charge is 0.532 e. The number of ether oxygens (including phenoxy) is 1. The molecule has 1 aliphatic rings. The molecule has 0 aromatic rings. The molecule has 0 saturated carbocycles. The Balaban J connectivity index is 2.99. The molecule has 4 heteroatoms. The van der Waals surface area contributed by atoms with Crippen LogP contribution in [0.5, 0.6) is 0 Å². The molecule has 0 atom stereocenters. The van der Waals surface area contributed by atoms with Crippen LogP contribution in [0.15, 0.2) is 35.6 Å². The Bertz CT molecular complexity index is 333. The number of allylic oxidation sites excluding steroid dienone is 5. The van der Waals surface area contributed by atoms with Gasteiger partial charge in [0.15, 0.2) is 0 Å². The quantitative estimate of drug-likeness (QED) is 0.719. The molecule has 0 heterocycles. The summed E-state index contributed by atoms with van der Waals surface area (Å²) in [5.74, 6) is -0.00231. The molecule has 1 rings (SSSR count). The van der Waals surface area contributed by atoms with Gasteiger partial charge in [0.1, 0.15) is 5.76 Å². The summed E-state index contributed by atoms with van der Waals surface area (Å²) in [6.45, 7) is 5.35. The Morgan fingerprint density at radius 3 is 2.53 bits per heavy atom. The fraction of sp³-hybridized carbons (Fsp3) is 0.455. The van der Waals surface area contributed by atoms with Crippen LogP contribution in [-0.2, 0) is 4.74 Å². The lowest BCUT2D eigenvalue weighted by Crippen LogP contribution is -2.20. The van der Waals surface area contributed by atoms with Gasteiger partial charge in [0.05, 0.1) is 0 Å². The molecule has 2 nitrogen and oxygen atoms in total. The maximum Gasteiger partial charge on any atom is 0.532 e. The number of aliphatic hydroxyl groups is 1. The SMILES string of the molecule is CC1=CC=CC(C)(C)C=C1OC(O)(F)F. The zero-order valence-electron chi connectivity index (χ0n) is 8.92. The number of alkyl halides is 2. The molecule has 0 aliphatic heterocycles. The van der Waals surface area contributed by atoms with Crippen molar-refractivity contribution in [1.29, 1.82) is 0 Å². The summed E-state index contributed by atoms with van der Waals surface area (Å²) >= 11 is 0. The van der Waals surface area contributed by atoms with Crippen LogP contribution in [-0.4, -0.2) is 11.4 Å². The summed E-state index contributed by atoms with van der Waals surface area (Å²) in [6.07, 6.45) is 2.71. The van der Waals surface area contributed by atoms with Gasteiger partial charge in [0, 0.05) is 5.41 Å². The van der Waals surface area contributed by atoms with Gasteiger partial charge in [-0.05, 0) is 18.6 Å². The van der Waals surface area contributed by atoms with Gasteiger partial charge in [-0.2, -0.15) is 0 Å². The van der Waals surface area contributed by atoms with E-state index < -0.39 is 6.29 Å². The second-order valence-corrected chi connectivity index (χ2v) is 4.13. The number of hydrogen-bond donors (Lipinski definition) is 1. The van der Waals surface area contributed by atoms with E-state index in [-0.39, 0.29) is 11.2 Å². The van der Waals surface area contributed by atoms with Crippen molar-refractivity contribution in [3.8, 4) is 0 Å². The Labute approximate surface area is 87.6 Å². The molecule has 1 aliphatic carbocycles. The number of hydrogen-bond acceptors (Lipinski definition) is 2. The maximum atomic E-state index is 12.3. The highest BCUT2D eigenvalue weighted by Crippen LogP contribution is 2.30. The van der Waals surface area contributed by atoms with Crippen molar-refractivity contribution in [3.05, 3.63) is 35.6 Å². The first-order chi connectivity index (χ1) is 6.70. The first kappa shape index (κ1) is 11.9. The Morgan fingerprint density at radius 1 is 1.40 bits per heavy atom. The third-order valence-corrected chi connectivity index (χ3v) is 2.00. The van der Waals surface area contributed by atoms with Crippen molar-refractivity contribution in [2.45, 2.75) is 27.1 Å². The van der Waals surface area contributed by atoms with Crippen LogP contribution in [0.2, 0.25) is 0 Å². The second-order valence-electron chi connectivity index (χ2n) is 4.13. The van der Waals surface area contributed by atoms with Gasteiger partial charge in [0.25, 0.3) is 0 Å². The average molecular weight is 216 g/mol. The lowest BCUT2D eigenvalue weighted by Gasteiger charge is -2.18. The highest BCUT2D eigenvalue weighted by Gasteiger charge is 2.30. The molecule has 0 bridgehead atoms. The molecule has 0 saturated heterocycles. The molecule has 1 N–H and O–H groups in total. The van der Waals surface area contributed by atoms with E-state index in [0.29, 0.717) is 5.57 Å². The maximum absolute atomic E-state index is 12.3. The summed E-state index contributed by atoms with van der Waals surface area (Å²) in [5.41, 5.74) is 0.167. The van der Waals surface area contributed by atoms with Crippen LogP contribution in [0.25, 0.3) is 0 Å². The van der Waals surface area contributed by atoms with E-state index in [0.717, 1.165) is 0 Å². The molecule has 15 heavy (non-hydrogen) atoms. The average Bonchev–Trinajstić information content (AvgIpc) is 2.08.